The minimum absolute atomic E-state index is 1.15. The summed E-state index contributed by atoms with van der Waals surface area (Å²) in [7, 11) is 0. The SMILES string of the molecule is c1ccc(-c2ccc(-c3ccc(-n4c5ccccc5c5cc(-c6ccc7c(c6)c6ccccc6n7-c6ccc(-c7ccc8c9c(cccc79)-c7ccccc7-8)cc6)ccc54)cc3)cc2)cc1.c1ccc(-c2ccc(-c3ccc(-n4c5ccccc5c5cc(-c6ccc7c(c6)c6ccccc6n7-c6cccc(-c7ccc8c9c(cccc79)-c7ccccc7-8)c6)ccc54)cc3)cc2)cc1. The molecule has 612 valence electrons. The number of nitrogens with zero attached hydrogens (tertiary/aromatic N) is 4. The van der Waals surface area contributed by atoms with Gasteiger partial charge in [0.15, 0.2) is 0 Å². The van der Waals surface area contributed by atoms with Gasteiger partial charge in [-0.3, -0.25) is 0 Å². The van der Waals surface area contributed by atoms with E-state index in [9.17, 15) is 0 Å². The molecule has 22 aromatic carbocycles. The van der Waals surface area contributed by atoms with E-state index in [1.807, 2.05) is 0 Å². The van der Waals surface area contributed by atoms with E-state index in [0.29, 0.717) is 0 Å². The molecule has 0 N–H and O–H groups in total. The molecule has 0 radical (unpaired) electrons. The van der Waals surface area contributed by atoms with E-state index < -0.39 is 0 Å². The lowest BCUT2D eigenvalue weighted by Gasteiger charge is -2.13. The molecule has 0 bridgehead atoms. The zero-order valence-electron chi connectivity index (χ0n) is 72.0. The van der Waals surface area contributed by atoms with Crippen LogP contribution in [-0.4, -0.2) is 18.3 Å². The van der Waals surface area contributed by atoms with Gasteiger partial charge in [0.05, 0.1) is 44.1 Å². The van der Waals surface area contributed by atoms with Crippen LogP contribution in [0.1, 0.15) is 0 Å². The first-order valence-corrected chi connectivity index (χ1v) is 45.7. The average Bonchev–Trinajstić information content (AvgIpc) is 1.60. The minimum atomic E-state index is 1.15. The highest BCUT2D eigenvalue weighted by molar-refractivity contribution is 6.22. The van der Waals surface area contributed by atoms with Crippen molar-refractivity contribution >= 4 is 109 Å². The van der Waals surface area contributed by atoms with Crippen LogP contribution in [0.25, 0.3) is 265 Å². The van der Waals surface area contributed by atoms with E-state index in [4.69, 9.17) is 0 Å². The van der Waals surface area contributed by atoms with Crippen LogP contribution < -0.4 is 0 Å². The van der Waals surface area contributed by atoms with Crippen LogP contribution in [0, 0.1) is 0 Å². The van der Waals surface area contributed by atoms with E-state index >= 15 is 0 Å². The fourth-order valence-corrected chi connectivity index (χ4v) is 22.0. The first kappa shape index (κ1) is 74.8. The number of hydrogen-bond donors (Lipinski definition) is 0. The molecule has 4 heteroatoms. The highest BCUT2D eigenvalue weighted by atomic mass is 15.0. The van der Waals surface area contributed by atoms with Crippen LogP contribution in [0.5, 0.6) is 0 Å². The Morgan fingerprint density at radius 2 is 0.318 bits per heavy atom. The van der Waals surface area contributed by atoms with Crippen LogP contribution in [0.4, 0.5) is 0 Å². The maximum Gasteiger partial charge on any atom is 0.0541 e. The Bertz CT molecular complexity index is 9140. The summed E-state index contributed by atoms with van der Waals surface area (Å²) < 4.78 is 9.67. The van der Waals surface area contributed by atoms with Crippen LogP contribution >= 0.6 is 0 Å². The smallest absolute Gasteiger partial charge is 0.0541 e. The summed E-state index contributed by atoms with van der Waals surface area (Å²) in [5, 5.41) is 15.3. The van der Waals surface area contributed by atoms with Crippen molar-refractivity contribution in [2.24, 2.45) is 0 Å². The van der Waals surface area contributed by atoms with Crippen LogP contribution in [-0.2, 0) is 0 Å². The molecule has 4 nitrogen and oxygen atoms in total. The van der Waals surface area contributed by atoms with Crippen LogP contribution in [0.2, 0.25) is 0 Å². The van der Waals surface area contributed by atoms with Crippen molar-refractivity contribution < 1.29 is 0 Å². The summed E-state index contributed by atoms with van der Waals surface area (Å²) >= 11 is 0. The lowest BCUT2D eigenvalue weighted by atomic mass is 9.94. The molecule has 26 aromatic rings. The van der Waals surface area contributed by atoms with Gasteiger partial charge in [-0.1, -0.05) is 364 Å². The van der Waals surface area contributed by atoms with Gasteiger partial charge in [0.1, 0.15) is 0 Å². The predicted octanol–water partition coefficient (Wildman–Crippen LogP) is 34.7. The number of para-hydroxylation sites is 4. The zero-order chi connectivity index (χ0) is 86.6. The Hall–Kier alpha value is -17.4. The van der Waals surface area contributed by atoms with E-state index in [0.717, 1.165) is 22.7 Å². The first-order valence-electron chi connectivity index (χ1n) is 45.7. The molecule has 0 saturated heterocycles. The number of rotatable bonds is 12. The van der Waals surface area contributed by atoms with Crippen LogP contribution in [0.3, 0.4) is 0 Å². The summed E-state index contributed by atoms with van der Waals surface area (Å²) in [5.41, 5.74) is 44.3. The third kappa shape index (κ3) is 11.9. The highest BCUT2D eigenvalue weighted by Gasteiger charge is 2.27. The third-order valence-corrected chi connectivity index (χ3v) is 28.2. The monoisotopic (exact) mass is 1670 g/mol. The Labute approximate surface area is 763 Å². The average molecular weight is 1670 g/mol. The van der Waals surface area contributed by atoms with Gasteiger partial charge in [0, 0.05) is 65.8 Å². The minimum Gasteiger partial charge on any atom is -0.309 e. The fraction of sp³-hybridized carbons (Fsp3) is 0. The summed E-state index contributed by atoms with van der Waals surface area (Å²) in [6, 6.07) is 179. The molecule has 0 unspecified atom stereocenters. The van der Waals surface area contributed by atoms with Crippen molar-refractivity contribution in [2.75, 3.05) is 0 Å². The lowest BCUT2D eigenvalue weighted by molar-refractivity contribution is 1.18. The topological polar surface area (TPSA) is 19.7 Å². The summed E-state index contributed by atoms with van der Waals surface area (Å²) in [4.78, 5) is 0. The molecule has 0 aliphatic heterocycles. The van der Waals surface area contributed by atoms with E-state index in [-0.39, 0.29) is 0 Å². The van der Waals surface area contributed by atoms with Crippen molar-refractivity contribution in [3.05, 3.63) is 485 Å². The first-order chi connectivity index (χ1) is 65.5. The van der Waals surface area contributed by atoms with E-state index in [2.05, 4.69) is 504 Å². The number of fused-ring (bicyclic) bond motifs is 18. The number of aromatic nitrogens is 4. The van der Waals surface area contributed by atoms with Gasteiger partial charge in [-0.2, -0.15) is 0 Å². The molecule has 0 atom stereocenters. The molecular formula is C128H80N4. The van der Waals surface area contributed by atoms with Crippen molar-refractivity contribution in [1.82, 2.24) is 18.3 Å². The maximum atomic E-state index is 2.44. The molecule has 4 aromatic heterocycles. The zero-order valence-corrected chi connectivity index (χ0v) is 72.0. The molecule has 132 heavy (non-hydrogen) atoms. The Kier molecular flexibility index (Phi) is 17.1. The number of hydrogen-bond acceptors (Lipinski definition) is 0. The Morgan fingerprint density at radius 1 is 0.0985 bits per heavy atom. The van der Waals surface area contributed by atoms with Gasteiger partial charge in [0.25, 0.3) is 0 Å². The van der Waals surface area contributed by atoms with Crippen molar-refractivity contribution in [3.8, 4) is 156 Å². The molecule has 0 spiro atoms. The van der Waals surface area contributed by atoms with E-state index in [1.54, 1.807) is 0 Å². The van der Waals surface area contributed by atoms with Crippen molar-refractivity contribution in [2.45, 2.75) is 0 Å². The lowest BCUT2D eigenvalue weighted by Crippen LogP contribution is -1.94. The molecule has 2 aliphatic rings. The normalized spacial score (nSPS) is 11.9. The van der Waals surface area contributed by atoms with Gasteiger partial charge in [-0.15, -0.1) is 0 Å². The van der Waals surface area contributed by atoms with Crippen molar-refractivity contribution in [3.63, 3.8) is 0 Å². The van der Waals surface area contributed by atoms with Crippen molar-refractivity contribution in [1.29, 1.82) is 0 Å². The van der Waals surface area contributed by atoms with Gasteiger partial charge in [0.2, 0.25) is 0 Å². The van der Waals surface area contributed by atoms with Gasteiger partial charge < -0.3 is 18.3 Å². The van der Waals surface area contributed by atoms with Gasteiger partial charge in [-0.25, -0.2) is 0 Å². The standard InChI is InChI=1S/2C64H40N2/c1-2-12-41(13-3-1)42-24-26-43(27-25-42)44-28-32-48(33-29-44)65-60-22-8-6-18-53(60)58-39-45(30-36-62(58)65)46-31-37-63-59(40-46)54-19-7-9-23-61(54)66(63)49-15-10-14-47(38-49)50-34-35-57-52-17-5-4-16-51(52)56-21-11-20-55(50)64(56)57;1-2-11-41(12-3-1)42-21-23-43(24-22-42)44-25-31-48(32-26-44)65-60-19-8-6-15-53(60)58-39-46(29-37-62(58)65)47-30-38-63-59(40-47)54-16-7-9-20-61(54)66(63)49-33-27-45(28-34-49)50-35-36-57-52-14-5-4-13-51(52)56-18-10-17-55(50)64(56)57/h2*1-40H. The second kappa shape index (κ2) is 30.1. The molecule has 0 fully saturated rings. The highest BCUT2D eigenvalue weighted by Crippen LogP contribution is 2.53. The molecule has 28 rings (SSSR count). The molecule has 0 amide bonds. The fourth-order valence-electron chi connectivity index (χ4n) is 22.0. The maximum absolute atomic E-state index is 2.44. The van der Waals surface area contributed by atoms with Crippen LogP contribution in [0.15, 0.2) is 485 Å². The summed E-state index contributed by atoms with van der Waals surface area (Å²) in [6.45, 7) is 0. The largest absolute Gasteiger partial charge is 0.309 e. The third-order valence-electron chi connectivity index (χ3n) is 28.2. The second-order valence-electron chi connectivity index (χ2n) is 35.3. The summed E-state index contributed by atoms with van der Waals surface area (Å²) in [5.74, 6) is 0. The quantitative estimate of drug-likeness (QED) is 0.116. The Morgan fingerprint density at radius 3 is 0.659 bits per heavy atom. The molecular weight excluding hydrogens is 1590 g/mol. The van der Waals surface area contributed by atoms with Gasteiger partial charge >= 0.3 is 0 Å². The summed E-state index contributed by atoms with van der Waals surface area (Å²) in [6.07, 6.45) is 0. The number of benzene rings is 22. The molecule has 4 heterocycles. The Balaban J connectivity index is 0.000000135. The second-order valence-corrected chi connectivity index (χ2v) is 35.3. The van der Waals surface area contributed by atoms with E-state index in [1.165, 1.54) is 242 Å². The van der Waals surface area contributed by atoms with Gasteiger partial charge in [-0.05, 0) is 276 Å². The predicted molar refractivity (Wildman–Crippen MR) is 558 cm³/mol. The molecule has 2 aliphatic carbocycles. The molecule has 0 saturated carbocycles.